The second-order valence-corrected chi connectivity index (χ2v) is 8.16. The number of methoxy groups -OCH3 is 1. The summed E-state index contributed by atoms with van der Waals surface area (Å²) < 4.78 is 19.0. The van der Waals surface area contributed by atoms with Crippen LogP contribution >= 0.6 is 11.3 Å². The summed E-state index contributed by atoms with van der Waals surface area (Å²) in [5, 5.41) is 2.85. The van der Waals surface area contributed by atoms with Crippen LogP contribution in [-0.2, 0) is 17.8 Å². The van der Waals surface area contributed by atoms with E-state index in [0.717, 1.165) is 35.1 Å². The molecule has 0 unspecified atom stereocenters. The molecule has 7 heteroatoms. The van der Waals surface area contributed by atoms with Gasteiger partial charge in [-0.2, -0.15) is 0 Å². The van der Waals surface area contributed by atoms with Crippen molar-refractivity contribution < 1.29 is 13.9 Å². The Morgan fingerprint density at radius 3 is 2.53 bits per heavy atom. The third kappa shape index (κ3) is 4.86. The quantitative estimate of drug-likeness (QED) is 0.602. The Morgan fingerprint density at radius 2 is 1.83 bits per heavy atom. The van der Waals surface area contributed by atoms with Gasteiger partial charge in [0.25, 0.3) is 0 Å². The number of nitrogens with zero attached hydrogens (tertiary/aromatic N) is 3. The molecular weight excluding hydrogens is 401 g/mol. The Kier molecular flexibility index (Phi) is 6.40. The fourth-order valence-corrected chi connectivity index (χ4v) is 4.37. The van der Waals surface area contributed by atoms with E-state index in [1.165, 1.54) is 6.07 Å². The average molecular weight is 426 g/mol. The Hall–Kier alpha value is -2.77. The van der Waals surface area contributed by atoms with Crippen LogP contribution in [0.5, 0.6) is 5.75 Å². The van der Waals surface area contributed by atoms with E-state index in [1.54, 1.807) is 24.5 Å². The minimum Gasteiger partial charge on any atom is -0.497 e. The molecular formula is C23H24FN3O2S. The molecule has 0 saturated carbocycles. The topological polar surface area (TPSA) is 45.7 Å². The van der Waals surface area contributed by atoms with Gasteiger partial charge in [-0.15, -0.1) is 11.3 Å². The molecule has 3 aromatic rings. The number of amides is 1. The predicted octanol–water partition coefficient (Wildman–Crippen LogP) is 3.84. The highest BCUT2D eigenvalue weighted by atomic mass is 32.1. The summed E-state index contributed by atoms with van der Waals surface area (Å²) in [6, 6.07) is 14.6. The molecule has 0 spiro atoms. The summed E-state index contributed by atoms with van der Waals surface area (Å²) in [6.45, 7) is 3.38. The van der Waals surface area contributed by atoms with Crippen molar-refractivity contribution in [2.75, 3.05) is 33.3 Å². The van der Waals surface area contributed by atoms with E-state index in [2.05, 4.69) is 9.88 Å². The normalized spacial score (nSPS) is 14.7. The van der Waals surface area contributed by atoms with Crippen molar-refractivity contribution in [1.29, 1.82) is 0 Å². The maximum absolute atomic E-state index is 13.9. The summed E-state index contributed by atoms with van der Waals surface area (Å²) in [7, 11) is 1.64. The Labute approximate surface area is 179 Å². The van der Waals surface area contributed by atoms with E-state index >= 15 is 0 Å². The highest BCUT2D eigenvalue weighted by molar-refractivity contribution is 7.13. The second kappa shape index (κ2) is 9.36. The molecule has 30 heavy (non-hydrogen) atoms. The second-order valence-electron chi connectivity index (χ2n) is 7.30. The van der Waals surface area contributed by atoms with Gasteiger partial charge < -0.3 is 9.64 Å². The van der Waals surface area contributed by atoms with Crippen molar-refractivity contribution >= 4 is 17.2 Å². The highest BCUT2D eigenvalue weighted by Gasteiger charge is 2.22. The van der Waals surface area contributed by atoms with Crippen LogP contribution < -0.4 is 4.74 Å². The fraction of sp³-hybridized carbons (Fsp3) is 0.304. The molecule has 5 nitrogen and oxygen atoms in total. The molecule has 0 bridgehead atoms. The maximum Gasteiger partial charge on any atom is 0.228 e. The van der Waals surface area contributed by atoms with Crippen LogP contribution in [0.3, 0.4) is 0 Å². The van der Waals surface area contributed by atoms with E-state index in [0.29, 0.717) is 31.6 Å². The zero-order valence-electron chi connectivity index (χ0n) is 16.9. The summed E-state index contributed by atoms with van der Waals surface area (Å²) in [4.78, 5) is 21.4. The van der Waals surface area contributed by atoms with Crippen LogP contribution in [0, 0.1) is 5.82 Å². The standard InChI is InChI=1S/C23H24FN3O2S/c1-29-20-8-6-17(7-9-20)23-25-19(16-30-23)14-22(28)27-12-10-26(11-13-27)15-18-4-2-3-5-21(18)24/h2-9,16H,10-15H2,1H3. The van der Waals surface area contributed by atoms with Gasteiger partial charge in [0.1, 0.15) is 16.6 Å². The number of piperazine rings is 1. The number of thiazole rings is 1. The molecule has 0 N–H and O–H groups in total. The van der Waals surface area contributed by atoms with Gasteiger partial charge in [-0.3, -0.25) is 9.69 Å². The fourth-order valence-electron chi connectivity index (χ4n) is 3.54. The van der Waals surface area contributed by atoms with E-state index in [-0.39, 0.29) is 11.7 Å². The average Bonchev–Trinajstić information content (AvgIpc) is 3.24. The molecule has 2 aromatic carbocycles. The number of ether oxygens (including phenoxy) is 1. The lowest BCUT2D eigenvalue weighted by molar-refractivity contribution is -0.132. The zero-order valence-corrected chi connectivity index (χ0v) is 17.7. The number of hydrogen-bond donors (Lipinski definition) is 0. The molecule has 1 fully saturated rings. The summed E-state index contributed by atoms with van der Waals surface area (Å²) >= 11 is 1.54. The van der Waals surface area contributed by atoms with Gasteiger partial charge in [0.2, 0.25) is 5.91 Å². The number of carbonyl (C=O) groups excluding carboxylic acids is 1. The lowest BCUT2D eigenvalue weighted by Crippen LogP contribution is -2.48. The molecule has 1 saturated heterocycles. The number of aromatic nitrogens is 1. The van der Waals surface area contributed by atoms with Gasteiger partial charge in [-0.1, -0.05) is 18.2 Å². The van der Waals surface area contributed by atoms with Gasteiger partial charge in [0, 0.05) is 49.2 Å². The van der Waals surface area contributed by atoms with Crippen molar-refractivity contribution in [3.63, 3.8) is 0 Å². The molecule has 0 radical (unpaired) electrons. The number of benzene rings is 2. The molecule has 2 heterocycles. The number of halogens is 1. The monoisotopic (exact) mass is 425 g/mol. The van der Waals surface area contributed by atoms with Gasteiger partial charge in [0.05, 0.1) is 19.2 Å². The Bertz CT molecular complexity index is 998. The van der Waals surface area contributed by atoms with Crippen LogP contribution in [0.4, 0.5) is 4.39 Å². The Balaban J connectivity index is 1.30. The third-order valence-corrected chi connectivity index (χ3v) is 6.24. The van der Waals surface area contributed by atoms with Crippen molar-refractivity contribution in [3.8, 4) is 16.3 Å². The third-order valence-electron chi connectivity index (χ3n) is 5.30. The van der Waals surface area contributed by atoms with Crippen molar-refractivity contribution in [1.82, 2.24) is 14.8 Å². The van der Waals surface area contributed by atoms with Gasteiger partial charge in [0.15, 0.2) is 0 Å². The van der Waals surface area contributed by atoms with Crippen molar-refractivity contribution in [2.24, 2.45) is 0 Å². The van der Waals surface area contributed by atoms with Gasteiger partial charge in [-0.05, 0) is 30.3 Å². The minimum atomic E-state index is -0.174. The van der Waals surface area contributed by atoms with E-state index in [1.807, 2.05) is 46.7 Å². The largest absolute Gasteiger partial charge is 0.497 e. The predicted molar refractivity (Wildman–Crippen MR) is 116 cm³/mol. The van der Waals surface area contributed by atoms with Crippen LogP contribution in [0.2, 0.25) is 0 Å². The number of rotatable bonds is 6. The zero-order chi connectivity index (χ0) is 20.9. The molecule has 0 atom stereocenters. The SMILES string of the molecule is COc1ccc(-c2nc(CC(=O)N3CCN(Cc4ccccc4F)CC3)cs2)cc1. The lowest BCUT2D eigenvalue weighted by Gasteiger charge is -2.34. The number of carbonyl (C=O) groups is 1. The van der Waals surface area contributed by atoms with E-state index < -0.39 is 0 Å². The van der Waals surface area contributed by atoms with Crippen molar-refractivity contribution in [2.45, 2.75) is 13.0 Å². The first-order valence-electron chi connectivity index (χ1n) is 9.95. The molecule has 1 aliphatic rings. The van der Waals surface area contributed by atoms with Gasteiger partial charge in [-0.25, -0.2) is 9.37 Å². The first kappa shape index (κ1) is 20.5. The molecule has 156 valence electrons. The van der Waals surface area contributed by atoms with Gasteiger partial charge >= 0.3 is 0 Å². The minimum absolute atomic E-state index is 0.0899. The highest BCUT2D eigenvalue weighted by Crippen LogP contribution is 2.26. The van der Waals surface area contributed by atoms with E-state index in [9.17, 15) is 9.18 Å². The first-order chi connectivity index (χ1) is 14.6. The van der Waals surface area contributed by atoms with Crippen molar-refractivity contribution in [3.05, 3.63) is 71.0 Å². The molecule has 4 rings (SSSR count). The van der Waals surface area contributed by atoms with Crippen LogP contribution in [0.25, 0.3) is 10.6 Å². The summed E-state index contributed by atoms with van der Waals surface area (Å²) in [6.07, 6.45) is 0.306. The molecule has 1 aromatic heterocycles. The summed E-state index contributed by atoms with van der Waals surface area (Å²) in [5.74, 6) is 0.721. The van der Waals surface area contributed by atoms with E-state index in [4.69, 9.17) is 4.74 Å². The molecule has 1 amide bonds. The molecule has 0 aliphatic carbocycles. The first-order valence-corrected chi connectivity index (χ1v) is 10.8. The van der Waals surface area contributed by atoms with Crippen LogP contribution in [-0.4, -0.2) is 54.0 Å². The Morgan fingerprint density at radius 1 is 1.10 bits per heavy atom. The lowest BCUT2D eigenvalue weighted by atomic mass is 10.2. The molecule has 1 aliphatic heterocycles. The maximum atomic E-state index is 13.9. The smallest absolute Gasteiger partial charge is 0.228 e. The van der Waals surface area contributed by atoms with Crippen LogP contribution in [0.1, 0.15) is 11.3 Å². The summed E-state index contributed by atoms with van der Waals surface area (Å²) in [5.41, 5.74) is 2.51. The number of hydrogen-bond acceptors (Lipinski definition) is 5. The van der Waals surface area contributed by atoms with Crippen LogP contribution in [0.15, 0.2) is 53.9 Å².